The van der Waals surface area contributed by atoms with Crippen LogP contribution in [0.2, 0.25) is 0 Å². The standard InChI is InChI=1S/C15H25N3O/c1-4-8-19-14-9-11(3)16-15(18-14)17-13(5-2)10-12-6-7-12/h9,12-13H,4-8,10H2,1-3H3,(H,16,17,18). The fourth-order valence-corrected chi connectivity index (χ4v) is 2.15. The highest BCUT2D eigenvalue weighted by Gasteiger charge is 2.25. The van der Waals surface area contributed by atoms with Crippen LogP contribution in [-0.4, -0.2) is 22.6 Å². The van der Waals surface area contributed by atoms with E-state index in [0.717, 1.165) is 24.5 Å². The first-order chi connectivity index (χ1) is 9.21. The third-order valence-electron chi connectivity index (χ3n) is 3.43. The van der Waals surface area contributed by atoms with Gasteiger partial charge in [0.2, 0.25) is 11.8 Å². The number of aryl methyl sites for hydroxylation is 1. The number of hydrogen-bond acceptors (Lipinski definition) is 4. The van der Waals surface area contributed by atoms with Crippen LogP contribution in [0.15, 0.2) is 6.07 Å². The lowest BCUT2D eigenvalue weighted by Gasteiger charge is -2.17. The first kappa shape index (κ1) is 14.1. The Hall–Kier alpha value is -1.32. The fraction of sp³-hybridized carbons (Fsp3) is 0.733. The maximum Gasteiger partial charge on any atom is 0.226 e. The van der Waals surface area contributed by atoms with Crippen molar-refractivity contribution in [2.45, 2.75) is 58.9 Å². The molecule has 0 aliphatic heterocycles. The van der Waals surface area contributed by atoms with Crippen molar-refractivity contribution in [3.63, 3.8) is 0 Å². The summed E-state index contributed by atoms with van der Waals surface area (Å²) in [6.45, 7) is 6.99. The third-order valence-corrected chi connectivity index (χ3v) is 3.43. The van der Waals surface area contributed by atoms with Crippen molar-refractivity contribution < 1.29 is 4.74 Å². The average molecular weight is 263 g/mol. The highest BCUT2D eigenvalue weighted by atomic mass is 16.5. The molecule has 1 aliphatic carbocycles. The van der Waals surface area contributed by atoms with E-state index in [-0.39, 0.29) is 0 Å². The smallest absolute Gasteiger partial charge is 0.226 e. The van der Waals surface area contributed by atoms with Gasteiger partial charge in [0, 0.05) is 17.8 Å². The number of rotatable bonds is 8. The summed E-state index contributed by atoms with van der Waals surface area (Å²) in [5, 5.41) is 3.46. The number of hydrogen-bond donors (Lipinski definition) is 1. The van der Waals surface area contributed by atoms with E-state index in [9.17, 15) is 0 Å². The minimum atomic E-state index is 0.480. The molecule has 0 bridgehead atoms. The third kappa shape index (κ3) is 4.69. The summed E-state index contributed by atoms with van der Waals surface area (Å²) in [5.74, 6) is 2.30. The predicted molar refractivity (Wildman–Crippen MR) is 77.6 cm³/mol. The molecular weight excluding hydrogens is 238 g/mol. The van der Waals surface area contributed by atoms with E-state index in [1.807, 2.05) is 13.0 Å². The minimum absolute atomic E-state index is 0.480. The maximum absolute atomic E-state index is 5.59. The van der Waals surface area contributed by atoms with E-state index in [0.29, 0.717) is 24.5 Å². The van der Waals surface area contributed by atoms with E-state index < -0.39 is 0 Å². The zero-order valence-electron chi connectivity index (χ0n) is 12.3. The lowest BCUT2D eigenvalue weighted by molar-refractivity contribution is 0.304. The van der Waals surface area contributed by atoms with Crippen molar-refractivity contribution in [2.24, 2.45) is 5.92 Å². The van der Waals surface area contributed by atoms with E-state index in [2.05, 4.69) is 29.1 Å². The normalized spacial score (nSPS) is 16.2. The predicted octanol–water partition coefficient (Wildman–Crippen LogP) is 3.56. The van der Waals surface area contributed by atoms with Crippen molar-refractivity contribution in [1.29, 1.82) is 0 Å². The molecule has 1 aromatic heterocycles. The van der Waals surface area contributed by atoms with Gasteiger partial charge in [-0.25, -0.2) is 4.98 Å². The van der Waals surface area contributed by atoms with Crippen LogP contribution < -0.4 is 10.1 Å². The molecular formula is C15H25N3O. The minimum Gasteiger partial charge on any atom is -0.478 e. The average Bonchev–Trinajstić information content (AvgIpc) is 3.19. The first-order valence-electron chi connectivity index (χ1n) is 7.46. The molecule has 4 nitrogen and oxygen atoms in total. The van der Waals surface area contributed by atoms with Crippen molar-refractivity contribution in [3.8, 4) is 5.88 Å². The van der Waals surface area contributed by atoms with Gasteiger partial charge in [0.15, 0.2) is 0 Å². The Kier molecular flexibility index (Phi) is 5.00. The van der Waals surface area contributed by atoms with E-state index in [1.54, 1.807) is 0 Å². The highest BCUT2D eigenvalue weighted by Crippen LogP contribution is 2.34. The second kappa shape index (κ2) is 6.73. The van der Waals surface area contributed by atoms with Gasteiger partial charge in [0.1, 0.15) is 0 Å². The SMILES string of the molecule is CCCOc1cc(C)nc(NC(CC)CC2CC2)n1. The quantitative estimate of drug-likeness (QED) is 0.779. The Morgan fingerprint density at radius 1 is 1.37 bits per heavy atom. The molecule has 0 radical (unpaired) electrons. The number of nitrogens with one attached hydrogen (secondary N) is 1. The van der Waals surface area contributed by atoms with Gasteiger partial charge in [0.05, 0.1) is 6.61 Å². The summed E-state index contributed by atoms with van der Waals surface area (Å²) >= 11 is 0. The first-order valence-corrected chi connectivity index (χ1v) is 7.46. The lowest BCUT2D eigenvalue weighted by Crippen LogP contribution is -2.21. The van der Waals surface area contributed by atoms with Crippen LogP contribution in [0.4, 0.5) is 5.95 Å². The van der Waals surface area contributed by atoms with Crippen LogP contribution in [0.1, 0.15) is 51.6 Å². The molecule has 0 spiro atoms. The molecule has 0 amide bonds. The molecule has 4 heteroatoms. The van der Waals surface area contributed by atoms with Crippen LogP contribution in [0.3, 0.4) is 0 Å². The number of nitrogens with zero attached hydrogens (tertiary/aromatic N) is 2. The Balaban J connectivity index is 1.98. The van der Waals surface area contributed by atoms with Gasteiger partial charge in [-0.2, -0.15) is 4.98 Å². The molecule has 1 fully saturated rings. The number of ether oxygens (including phenoxy) is 1. The van der Waals surface area contributed by atoms with E-state index >= 15 is 0 Å². The maximum atomic E-state index is 5.59. The van der Waals surface area contributed by atoms with E-state index in [4.69, 9.17) is 4.74 Å². The topological polar surface area (TPSA) is 47.0 Å². The second-order valence-corrected chi connectivity index (χ2v) is 5.45. The Morgan fingerprint density at radius 2 is 2.16 bits per heavy atom. The molecule has 1 N–H and O–H groups in total. The summed E-state index contributed by atoms with van der Waals surface area (Å²) in [4.78, 5) is 8.90. The Morgan fingerprint density at radius 3 is 2.79 bits per heavy atom. The van der Waals surface area contributed by atoms with Crippen LogP contribution in [-0.2, 0) is 0 Å². The molecule has 1 aliphatic rings. The molecule has 1 aromatic rings. The van der Waals surface area contributed by atoms with Crippen LogP contribution in [0.5, 0.6) is 5.88 Å². The fourth-order valence-electron chi connectivity index (χ4n) is 2.15. The molecule has 1 heterocycles. The molecule has 19 heavy (non-hydrogen) atoms. The zero-order chi connectivity index (χ0) is 13.7. The van der Waals surface area contributed by atoms with Crippen LogP contribution >= 0.6 is 0 Å². The summed E-state index contributed by atoms with van der Waals surface area (Å²) in [6, 6.07) is 2.37. The Bertz CT molecular complexity index is 404. The van der Waals surface area contributed by atoms with Crippen molar-refractivity contribution >= 4 is 5.95 Å². The van der Waals surface area contributed by atoms with Gasteiger partial charge in [-0.1, -0.05) is 26.7 Å². The Labute approximate surface area is 116 Å². The van der Waals surface area contributed by atoms with E-state index in [1.165, 1.54) is 19.3 Å². The monoisotopic (exact) mass is 263 g/mol. The van der Waals surface area contributed by atoms with Crippen LogP contribution in [0, 0.1) is 12.8 Å². The van der Waals surface area contributed by atoms with Gasteiger partial charge in [-0.3, -0.25) is 0 Å². The number of anilines is 1. The second-order valence-electron chi connectivity index (χ2n) is 5.45. The molecule has 0 saturated heterocycles. The van der Waals surface area contributed by atoms with Gasteiger partial charge >= 0.3 is 0 Å². The molecule has 106 valence electrons. The number of aromatic nitrogens is 2. The highest BCUT2D eigenvalue weighted by molar-refractivity contribution is 5.31. The largest absolute Gasteiger partial charge is 0.478 e. The summed E-state index contributed by atoms with van der Waals surface area (Å²) in [5.41, 5.74) is 0.949. The molecule has 1 atom stereocenters. The van der Waals surface area contributed by atoms with Crippen molar-refractivity contribution in [2.75, 3.05) is 11.9 Å². The lowest BCUT2D eigenvalue weighted by atomic mass is 10.1. The summed E-state index contributed by atoms with van der Waals surface area (Å²) in [6.07, 6.45) is 6.11. The molecule has 1 saturated carbocycles. The van der Waals surface area contributed by atoms with Gasteiger partial charge in [-0.05, 0) is 32.1 Å². The summed E-state index contributed by atoms with van der Waals surface area (Å²) in [7, 11) is 0. The molecule has 0 aromatic carbocycles. The van der Waals surface area contributed by atoms with Crippen molar-refractivity contribution in [3.05, 3.63) is 11.8 Å². The van der Waals surface area contributed by atoms with Gasteiger partial charge in [-0.15, -0.1) is 0 Å². The van der Waals surface area contributed by atoms with Gasteiger partial charge < -0.3 is 10.1 Å². The van der Waals surface area contributed by atoms with Gasteiger partial charge in [0.25, 0.3) is 0 Å². The molecule has 2 rings (SSSR count). The van der Waals surface area contributed by atoms with Crippen molar-refractivity contribution in [1.82, 2.24) is 9.97 Å². The van der Waals surface area contributed by atoms with Crippen LogP contribution in [0.25, 0.3) is 0 Å². The zero-order valence-corrected chi connectivity index (χ0v) is 12.3. The molecule has 1 unspecified atom stereocenters. The summed E-state index contributed by atoms with van der Waals surface area (Å²) < 4.78 is 5.59.